The lowest BCUT2D eigenvalue weighted by Crippen LogP contribution is -2.19. The summed E-state index contributed by atoms with van der Waals surface area (Å²) in [6.07, 6.45) is -0.272. The minimum atomic E-state index is -3.91. The van der Waals surface area contributed by atoms with E-state index in [-0.39, 0.29) is 50.6 Å². The maximum atomic E-state index is 13.4. The zero-order valence-corrected chi connectivity index (χ0v) is 18.5. The second-order valence-electron chi connectivity index (χ2n) is 5.70. The highest BCUT2D eigenvalue weighted by atomic mass is 31.2. The second kappa shape index (κ2) is 12.0. The van der Waals surface area contributed by atoms with E-state index in [4.69, 9.17) is 18.1 Å². The van der Waals surface area contributed by atoms with Crippen molar-refractivity contribution in [3.8, 4) is 0 Å². The Labute approximate surface area is 166 Å². The van der Waals surface area contributed by atoms with Gasteiger partial charge in [-0.2, -0.15) is 0 Å². The van der Waals surface area contributed by atoms with Crippen LogP contribution in [-0.2, 0) is 27.2 Å². The molecule has 0 radical (unpaired) electrons. The van der Waals surface area contributed by atoms with E-state index < -0.39 is 26.4 Å². The van der Waals surface area contributed by atoms with Gasteiger partial charge in [0.1, 0.15) is 5.82 Å². The van der Waals surface area contributed by atoms with Crippen LogP contribution in [0.25, 0.3) is 0 Å². The Morgan fingerprint density at radius 3 is 1.79 bits per heavy atom. The van der Waals surface area contributed by atoms with Gasteiger partial charge in [-0.15, -0.1) is 0 Å². The number of ketones is 1. The first-order valence-electron chi connectivity index (χ1n) is 9.32. The van der Waals surface area contributed by atoms with Gasteiger partial charge < -0.3 is 18.1 Å². The topological polar surface area (TPSA) is 88.1 Å². The maximum Gasteiger partial charge on any atom is 0.345 e. The van der Waals surface area contributed by atoms with Gasteiger partial charge in [-0.3, -0.25) is 13.9 Å². The largest absolute Gasteiger partial charge is 0.345 e. The standard InChI is InChI=1S/C18H29FO7P2/c1-5-23-27(21,24-6-2)18(28(22,25-7-3)26-8-4)13-12-17(20)15-10-9-11-16(19)14-15/h9-11,14,18H,5-8,12-13H2,1-4H3. The van der Waals surface area contributed by atoms with Crippen LogP contribution in [0.1, 0.15) is 50.9 Å². The highest BCUT2D eigenvalue weighted by molar-refractivity contribution is 7.72. The minimum Gasteiger partial charge on any atom is -0.308 e. The van der Waals surface area contributed by atoms with Crippen molar-refractivity contribution in [2.75, 3.05) is 26.4 Å². The highest BCUT2D eigenvalue weighted by Gasteiger charge is 2.50. The van der Waals surface area contributed by atoms with Crippen LogP contribution in [0, 0.1) is 5.82 Å². The van der Waals surface area contributed by atoms with E-state index in [1.807, 2.05) is 0 Å². The van der Waals surface area contributed by atoms with Gasteiger partial charge in [-0.05, 0) is 46.2 Å². The first kappa shape index (κ1) is 25.2. The van der Waals surface area contributed by atoms with Crippen molar-refractivity contribution in [1.82, 2.24) is 0 Å². The fourth-order valence-electron chi connectivity index (χ4n) is 2.69. The Kier molecular flexibility index (Phi) is 10.7. The van der Waals surface area contributed by atoms with Crippen molar-refractivity contribution in [2.45, 2.75) is 45.9 Å². The predicted molar refractivity (Wildman–Crippen MR) is 105 cm³/mol. The Balaban J connectivity index is 3.20. The van der Waals surface area contributed by atoms with Crippen LogP contribution in [0.3, 0.4) is 0 Å². The summed E-state index contributed by atoms with van der Waals surface area (Å²) in [7, 11) is -7.81. The summed E-state index contributed by atoms with van der Waals surface area (Å²) < 4.78 is 61.5. The first-order valence-corrected chi connectivity index (χ1v) is 12.5. The van der Waals surface area contributed by atoms with E-state index in [9.17, 15) is 18.3 Å². The molecule has 7 nitrogen and oxygen atoms in total. The van der Waals surface area contributed by atoms with E-state index >= 15 is 0 Å². The third kappa shape index (κ3) is 6.87. The molecule has 0 aliphatic rings. The molecular weight excluding hydrogens is 409 g/mol. The number of carbonyl (C=O) groups excluding carboxylic acids is 1. The van der Waals surface area contributed by atoms with Gasteiger partial charge in [0.15, 0.2) is 11.2 Å². The van der Waals surface area contributed by atoms with Gasteiger partial charge >= 0.3 is 15.2 Å². The lowest BCUT2D eigenvalue weighted by Gasteiger charge is -2.31. The van der Waals surface area contributed by atoms with E-state index in [0.29, 0.717) is 0 Å². The fourth-order valence-corrected chi connectivity index (χ4v) is 8.05. The van der Waals surface area contributed by atoms with E-state index in [0.717, 1.165) is 6.07 Å². The van der Waals surface area contributed by atoms with Gasteiger partial charge in [0.2, 0.25) is 0 Å². The van der Waals surface area contributed by atoms with Gasteiger partial charge in [-0.25, -0.2) is 4.39 Å². The molecule has 0 saturated heterocycles. The predicted octanol–water partition coefficient (Wildman–Crippen LogP) is 5.65. The minimum absolute atomic E-state index is 0.0594. The Bertz CT molecular complexity index is 676. The van der Waals surface area contributed by atoms with Gasteiger partial charge in [0.05, 0.1) is 26.4 Å². The van der Waals surface area contributed by atoms with Gasteiger partial charge in [0.25, 0.3) is 0 Å². The molecule has 0 bridgehead atoms. The number of carbonyl (C=O) groups is 1. The number of halogens is 1. The molecule has 0 N–H and O–H groups in total. The summed E-state index contributed by atoms with van der Waals surface area (Å²) in [4.78, 5) is 12.5. The van der Waals surface area contributed by atoms with Gasteiger partial charge in [-0.1, -0.05) is 12.1 Å². The second-order valence-corrected chi connectivity index (χ2v) is 10.5. The van der Waals surface area contributed by atoms with E-state index in [2.05, 4.69) is 0 Å². The van der Waals surface area contributed by atoms with Crippen molar-refractivity contribution in [2.24, 2.45) is 0 Å². The summed E-state index contributed by atoms with van der Waals surface area (Å²) in [5.41, 5.74) is 0.170. The van der Waals surface area contributed by atoms with Gasteiger partial charge in [0, 0.05) is 12.0 Å². The molecule has 28 heavy (non-hydrogen) atoms. The third-order valence-electron chi connectivity index (χ3n) is 3.74. The molecule has 0 aliphatic carbocycles. The quantitative estimate of drug-likeness (QED) is 0.274. The molecule has 0 aromatic heterocycles. The number of hydrogen-bond donors (Lipinski definition) is 0. The summed E-state index contributed by atoms with van der Waals surface area (Å²) in [6, 6.07) is 5.26. The molecule has 1 aromatic carbocycles. The number of Topliss-reactive ketones (excluding diaryl/α,β-unsaturated/α-hetero) is 1. The zero-order valence-electron chi connectivity index (χ0n) is 16.8. The average molecular weight is 438 g/mol. The zero-order chi connectivity index (χ0) is 21.2. The molecule has 1 aromatic rings. The highest BCUT2D eigenvalue weighted by Crippen LogP contribution is 2.71. The van der Waals surface area contributed by atoms with E-state index in [1.165, 1.54) is 18.2 Å². The van der Waals surface area contributed by atoms with Crippen molar-refractivity contribution in [1.29, 1.82) is 0 Å². The van der Waals surface area contributed by atoms with E-state index in [1.54, 1.807) is 27.7 Å². The fraction of sp³-hybridized carbons (Fsp3) is 0.611. The van der Waals surface area contributed by atoms with Crippen LogP contribution in [0.4, 0.5) is 4.39 Å². The molecule has 0 atom stereocenters. The Hall–Kier alpha value is -0.880. The summed E-state index contributed by atoms with van der Waals surface area (Å²) in [6.45, 7) is 6.77. The van der Waals surface area contributed by atoms with Crippen LogP contribution in [0.5, 0.6) is 0 Å². The molecule has 0 fully saturated rings. The maximum absolute atomic E-state index is 13.4. The van der Waals surface area contributed by atoms with Crippen molar-refractivity contribution in [3.05, 3.63) is 35.6 Å². The Morgan fingerprint density at radius 1 is 0.929 bits per heavy atom. The summed E-state index contributed by atoms with van der Waals surface area (Å²) in [5, 5.41) is -1.27. The van der Waals surface area contributed by atoms with Crippen LogP contribution in [0.15, 0.2) is 24.3 Å². The molecule has 0 amide bonds. The molecular formula is C18H29FO7P2. The molecule has 10 heteroatoms. The molecule has 0 spiro atoms. The lowest BCUT2D eigenvalue weighted by molar-refractivity contribution is 0.0979. The normalized spacial score (nSPS) is 12.5. The molecule has 0 aliphatic heterocycles. The van der Waals surface area contributed by atoms with Crippen LogP contribution in [0.2, 0.25) is 0 Å². The number of hydrogen-bond acceptors (Lipinski definition) is 7. The summed E-state index contributed by atoms with van der Waals surface area (Å²) in [5.74, 6) is -0.922. The monoisotopic (exact) mass is 438 g/mol. The molecule has 0 heterocycles. The SMILES string of the molecule is CCOP(=O)(OCC)C(CCC(=O)c1cccc(F)c1)P(=O)(OCC)OCC. The summed E-state index contributed by atoms with van der Waals surface area (Å²) >= 11 is 0. The number of rotatable bonds is 14. The average Bonchev–Trinajstić information content (AvgIpc) is 2.62. The van der Waals surface area contributed by atoms with Crippen LogP contribution in [-0.4, -0.2) is 37.6 Å². The molecule has 1 rings (SSSR count). The molecule has 0 saturated carbocycles. The van der Waals surface area contributed by atoms with Crippen LogP contribution < -0.4 is 0 Å². The molecule has 0 unspecified atom stereocenters. The third-order valence-corrected chi connectivity index (χ3v) is 9.89. The number of benzene rings is 1. The smallest absolute Gasteiger partial charge is 0.308 e. The first-order chi connectivity index (χ1) is 13.3. The van der Waals surface area contributed by atoms with Crippen LogP contribution >= 0.6 is 15.2 Å². The molecule has 160 valence electrons. The lowest BCUT2D eigenvalue weighted by atomic mass is 10.1. The Morgan fingerprint density at radius 2 is 1.39 bits per heavy atom. The van der Waals surface area contributed by atoms with Crippen molar-refractivity contribution in [3.63, 3.8) is 0 Å². The van der Waals surface area contributed by atoms with Crippen molar-refractivity contribution < 1.29 is 36.4 Å². The van der Waals surface area contributed by atoms with Crippen molar-refractivity contribution >= 4 is 21.0 Å².